The maximum absolute atomic E-state index is 13.0. The number of hydrogen-bond acceptors (Lipinski definition) is 7. The predicted molar refractivity (Wildman–Crippen MR) is 438 cm³/mol. The van der Waals surface area contributed by atoms with Gasteiger partial charge in [0.1, 0.15) is 13.2 Å². The molecule has 2 atom stereocenters. The van der Waals surface area contributed by atoms with Crippen LogP contribution in [0.2, 0.25) is 0 Å². The molecular formula is C92H178NO8+. The number of carbonyl (C=O) groups excluding carboxylic acids is 2. The molecule has 0 aliphatic carbocycles. The standard InChI is InChI=1S/C92H177NO8/c1-6-8-10-12-14-16-18-20-22-24-26-28-30-32-34-36-38-40-42-44-45-47-49-51-53-55-57-59-61-63-65-67-69-71-73-75-77-79-81-83-90(95)101-88(87-100-92(91(96)97)98-85-84-93(3,4)5)86-99-89(94)82-80-78-76-74-72-70-68-66-64-62-60-58-56-54-52-50-48-46-43-41-39-37-35-33-31-29-27-25-23-21-19-17-15-13-11-9-7-2/h18,20,24,26,88,92H,6-17,19,21-23,25,27-87H2,1-5H3/p+1/b20-18-,26-24-. The first-order valence-corrected chi connectivity index (χ1v) is 45.5. The second kappa shape index (κ2) is 83.4. The molecule has 9 heteroatoms. The number of aliphatic carboxylic acids is 1. The van der Waals surface area contributed by atoms with Crippen LogP contribution in [-0.2, 0) is 33.3 Å². The summed E-state index contributed by atoms with van der Waals surface area (Å²) in [4.78, 5) is 37.8. The average molecular weight is 1430 g/mol. The minimum absolute atomic E-state index is 0.173. The monoisotopic (exact) mass is 1430 g/mol. The van der Waals surface area contributed by atoms with Gasteiger partial charge in [0.2, 0.25) is 0 Å². The van der Waals surface area contributed by atoms with Gasteiger partial charge in [-0.25, -0.2) is 4.79 Å². The number of rotatable bonds is 87. The molecule has 0 aromatic heterocycles. The second-order valence-corrected chi connectivity index (χ2v) is 32.6. The fourth-order valence-electron chi connectivity index (χ4n) is 14.3. The van der Waals surface area contributed by atoms with Crippen LogP contribution in [0.3, 0.4) is 0 Å². The topological polar surface area (TPSA) is 108 Å². The molecule has 598 valence electrons. The fourth-order valence-corrected chi connectivity index (χ4v) is 14.3. The minimum Gasteiger partial charge on any atom is -0.477 e. The Hall–Kier alpha value is -2.23. The van der Waals surface area contributed by atoms with Crippen molar-refractivity contribution in [3.8, 4) is 0 Å². The lowest BCUT2D eigenvalue weighted by Crippen LogP contribution is -2.40. The molecule has 0 fully saturated rings. The maximum atomic E-state index is 13.0. The number of allylic oxidation sites excluding steroid dienone is 4. The Balaban J connectivity index is 3.88. The van der Waals surface area contributed by atoms with Crippen molar-refractivity contribution in [2.24, 2.45) is 0 Å². The predicted octanol–water partition coefficient (Wildman–Crippen LogP) is 29.6. The molecule has 0 amide bonds. The number of carboxylic acids is 1. The number of nitrogens with zero attached hydrogens (tertiary/aromatic N) is 1. The Morgan fingerprint density at radius 2 is 0.535 bits per heavy atom. The van der Waals surface area contributed by atoms with Gasteiger partial charge in [0.25, 0.3) is 6.29 Å². The Morgan fingerprint density at radius 1 is 0.297 bits per heavy atom. The average Bonchev–Trinajstić information content (AvgIpc) is 1.21. The van der Waals surface area contributed by atoms with Crippen LogP contribution in [0.25, 0.3) is 0 Å². The fraction of sp³-hybridized carbons (Fsp3) is 0.924. The van der Waals surface area contributed by atoms with Crippen LogP contribution in [0.15, 0.2) is 24.3 Å². The van der Waals surface area contributed by atoms with E-state index in [1.54, 1.807) is 0 Å². The highest BCUT2D eigenvalue weighted by Crippen LogP contribution is 2.22. The zero-order chi connectivity index (χ0) is 73.2. The molecular weight excluding hydrogens is 1250 g/mol. The lowest BCUT2D eigenvalue weighted by molar-refractivity contribution is -0.870. The molecule has 101 heavy (non-hydrogen) atoms. The molecule has 0 aromatic rings. The van der Waals surface area contributed by atoms with E-state index in [1.165, 1.54) is 417 Å². The number of quaternary nitrogens is 1. The van der Waals surface area contributed by atoms with Gasteiger partial charge in [-0.15, -0.1) is 0 Å². The van der Waals surface area contributed by atoms with E-state index >= 15 is 0 Å². The third-order valence-corrected chi connectivity index (χ3v) is 21.2. The highest BCUT2D eigenvalue weighted by Gasteiger charge is 2.25. The van der Waals surface area contributed by atoms with Gasteiger partial charge in [-0.2, -0.15) is 0 Å². The van der Waals surface area contributed by atoms with E-state index < -0.39 is 18.4 Å². The third-order valence-electron chi connectivity index (χ3n) is 21.2. The normalized spacial score (nSPS) is 12.6. The van der Waals surface area contributed by atoms with E-state index in [1.807, 2.05) is 21.1 Å². The van der Waals surface area contributed by atoms with E-state index in [4.69, 9.17) is 18.9 Å². The molecule has 1 N–H and O–H groups in total. The number of carboxylic acid groups (broad SMARTS) is 1. The van der Waals surface area contributed by atoms with Gasteiger partial charge in [-0.1, -0.05) is 456 Å². The Bertz CT molecular complexity index is 1710. The summed E-state index contributed by atoms with van der Waals surface area (Å²) in [7, 11) is 6.01. The Kier molecular flexibility index (Phi) is 81.6. The first kappa shape index (κ1) is 98.8. The van der Waals surface area contributed by atoms with Gasteiger partial charge in [0.05, 0.1) is 34.4 Å². The molecule has 0 aliphatic heterocycles. The molecule has 0 heterocycles. The third kappa shape index (κ3) is 84.9. The van der Waals surface area contributed by atoms with Crippen LogP contribution in [0.5, 0.6) is 0 Å². The van der Waals surface area contributed by atoms with Crippen molar-refractivity contribution in [2.45, 2.75) is 501 Å². The van der Waals surface area contributed by atoms with Crippen LogP contribution < -0.4 is 0 Å². The largest absolute Gasteiger partial charge is 0.477 e. The number of unbranched alkanes of at least 4 members (excludes halogenated alkanes) is 68. The van der Waals surface area contributed by atoms with Gasteiger partial charge < -0.3 is 28.5 Å². The Morgan fingerprint density at radius 3 is 0.782 bits per heavy atom. The van der Waals surface area contributed by atoms with Crippen molar-refractivity contribution in [3.05, 3.63) is 24.3 Å². The quantitative estimate of drug-likeness (QED) is 0.0211. The van der Waals surface area contributed by atoms with Crippen LogP contribution in [0.4, 0.5) is 0 Å². The zero-order valence-electron chi connectivity index (χ0n) is 68.9. The number of esters is 2. The van der Waals surface area contributed by atoms with Crippen molar-refractivity contribution in [3.63, 3.8) is 0 Å². The molecule has 0 radical (unpaired) electrons. The summed E-state index contributed by atoms with van der Waals surface area (Å²) < 4.78 is 23.1. The van der Waals surface area contributed by atoms with Crippen molar-refractivity contribution in [2.75, 3.05) is 47.5 Å². The van der Waals surface area contributed by atoms with Gasteiger partial charge in [-0.3, -0.25) is 9.59 Å². The highest BCUT2D eigenvalue weighted by atomic mass is 16.7. The summed E-state index contributed by atoms with van der Waals surface area (Å²) in [5.74, 6) is -1.96. The van der Waals surface area contributed by atoms with E-state index in [0.29, 0.717) is 17.4 Å². The number of carbonyl (C=O) groups is 3. The van der Waals surface area contributed by atoms with Gasteiger partial charge >= 0.3 is 17.9 Å². The summed E-state index contributed by atoms with van der Waals surface area (Å²) in [6.45, 7) is 4.97. The summed E-state index contributed by atoms with van der Waals surface area (Å²) in [6, 6.07) is 0. The SMILES string of the molecule is CCCCCCC/C=C\C/C=C\CCCCCCCCCCCCCCCCCCCCCCCCCCCCCC(=O)OC(COC(=O)CCCCCCCCCCCCCCCCCCCCCCCCCCCCCCCCCCCCCCC)COC(OCC[N+](C)(C)C)C(=O)O. The van der Waals surface area contributed by atoms with Crippen molar-refractivity contribution in [1.82, 2.24) is 0 Å². The summed E-state index contributed by atoms with van der Waals surface area (Å²) in [5.41, 5.74) is 0. The van der Waals surface area contributed by atoms with E-state index in [-0.39, 0.29) is 38.2 Å². The van der Waals surface area contributed by atoms with Gasteiger partial charge in [0, 0.05) is 12.8 Å². The van der Waals surface area contributed by atoms with E-state index in [9.17, 15) is 19.5 Å². The lowest BCUT2D eigenvalue weighted by Gasteiger charge is -2.25. The van der Waals surface area contributed by atoms with Gasteiger partial charge in [0.15, 0.2) is 6.10 Å². The number of likely N-dealkylation sites (N-methyl/N-ethyl adjacent to an activating group) is 1. The van der Waals surface area contributed by atoms with Crippen LogP contribution in [-0.4, -0.2) is 87.4 Å². The second-order valence-electron chi connectivity index (χ2n) is 32.6. The van der Waals surface area contributed by atoms with Crippen LogP contribution in [0, 0.1) is 0 Å². The zero-order valence-corrected chi connectivity index (χ0v) is 68.9. The number of ether oxygens (including phenoxy) is 4. The molecule has 2 unspecified atom stereocenters. The maximum Gasteiger partial charge on any atom is 0.361 e. The van der Waals surface area contributed by atoms with Crippen LogP contribution in [0.1, 0.15) is 489 Å². The summed E-state index contributed by atoms with van der Waals surface area (Å²) >= 11 is 0. The Labute approximate surface area is 630 Å². The van der Waals surface area contributed by atoms with E-state index in [0.717, 1.165) is 44.9 Å². The summed E-state index contributed by atoms with van der Waals surface area (Å²) in [6.07, 6.45) is 105. The molecule has 0 aromatic carbocycles. The minimum atomic E-state index is -1.51. The molecule has 0 bridgehead atoms. The van der Waals surface area contributed by atoms with Crippen molar-refractivity contribution < 1.29 is 42.9 Å². The first-order chi connectivity index (χ1) is 49.6. The van der Waals surface area contributed by atoms with Crippen molar-refractivity contribution in [1.29, 1.82) is 0 Å². The molecule has 0 saturated heterocycles. The molecule has 9 nitrogen and oxygen atoms in total. The number of hydrogen-bond donors (Lipinski definition) is 1. The first-order valence-electron chi connectivity index (χ1n) is 45.5. The molecule has 0 saturated carbocycles. The molecule has 0 rings (SSSR count). The summed E-state index contributed by atoms with van der Waals surface area (Å²) in [5, 5.41) is 9.79. The van der Waals surface area contributed by atoms with Gasteiger partial charge in [-0.05, 0) is 44.9 Å². The lowest BCUT2D eigenvalue weighted by atomic mass is 10.0. The smallest absolute Gasteiger partial charge is 0.361 e. The molecule has 0 aliphatic rings. The van der Waals surface area contributed by atoms with Crippen LogP contribution >= 0.6 is 0 Å². The van der Waals surface area contributed by atoms with E-state index in [2.05, 4.69) is 38.2 Å². The highest BCUT2D eigenvalue weighted by molar-refractivity contribution is 5.71. The molecule has 0 spiro atoms. The van der Waals surface area contributed by atoms with Crippen molar-refractivity contribution >= 4 is 17.9 Å².